The van der Waals surface area contributed by atoms with Crippen molar-refractivity contribution in [1.82, 2.24) is 9.97 Å². The van der Waals surface area contributed by atoms with Gasteiger partial charge in [0.05, 0.1) is 30.3 Å². The number of benzene rings is 1. The molecular formula is C11H9ClFN3. The number of alkyl halides is 1. The van der Waals surface area contributed by atoms with E-state index in [2.05, 4.69) is 9.97 Å². The molecule has 1 saturated heterocycles. The highest BCUT2D eigenvalue weighted by molar-refractivity contribution is 6.31. The minimum Gasteiger partial charge on any atom is -0.349 e. The number of halogens is 2. The molecule has 1 aliphatic rings. The number of hydrogen-bond acceptors (Lipinski definition) is 3. The standard InChI is InChI=1S/C11H9ClFN3/c12-7-1-2-9-10(3-7)14-4-11(15-9)16-5-8(13)6-16/h1-4,8H,5-6H2. The second kappa shape index (κ2) is 3.56. The summed E-state index contributed by atoms with van der Waals surface area (Å²) < 4.78 is 12.7. The van der Waals surface area contributed by atoms with E-state index in [-0.39, 0.29) is 0 Å². The lowest BCUT2D eigenvalue weighted by Gasteiger charge is -2.35. The number of rotatable bonds is 1. The van der Waals surface area contributed by atoms with Crippen molar-refractivity contribution in [2.24, 2.45) is 0 Å². The summed E-state index contributed by atoms with van der Waals surface area (Å²) >= 11 is 5.85. The van der Waals surface area contributed by atoms with Crippen molar-refractivity contribution in [2.45, 2.75) is 6.17 Å². The molecule has 0 atom stereocenters. The average molecular weight is 238 g/mol. The minimum atomic E-state index is -0.734. The number of nitrogens with zero attached hydrogens (tertiary/aromatic N) is 3. The summed E-state index contributed by atoms with van der Waals surface area (Å²) in [6.45, 7) is 0.821. The van der Waals surface area contributed by atoms with Crippen LogP contribution in [0.1, 0.15) is 0 Å². The molecule has 3 nitrogen and oxygen atoms in total. The van der Waals surface area contributed by atoms with E-state index in [1.54, 1.807) is 18.3 Å². The Labute approximate surface area is 96.9 Å². The van der Waals surface area contributed by atoms with Crippen LogP contribution in [0.5, 0.6) is 0 Å². The summed E-state index contributed by atoms with van der Waals surface area (Å²) in [5.41, 5.74) is 1.54. The van der Waals surface area contributed by atoms with Crippen molar-refractivity contribution in [1.29, 1.82) is 0 Å². The quantitative estimate of drug-likeness (QED) is 0.763. The number of anilines is 1. The van der Waals surface area contributed by atoms with Gasteiger partial charge in [0.25, 0.3) is 0 Å². The zero-order chi connectivity index (χ0) is 11.1. The third-order valence-corrected chi connectivity index (χ3v) is 2.89. The molecule has 3 rings (SSSR count). The smallest absolute Gasteiger partial charge is 0.148 e. The lowest BCUT2D eigenvalue weighted by Crippen LogP contribution is -2.48. The molecule has 2 heterocycles. The molecule has 0 amide bonds. The Morgan fingerprint density at radius 1 is 1.31 bits per heavy atom. The number of fused-ring (bicyclic) bond motifs is 1. The van der Waals surface area contributed by atoms with Crippen LogP contribution in [0.3, 0.4) is 0 Å². The molecule has 0 unspecified atom stereocenters. The second-order valence-corrected chi connectivity index (χ2v) is 4.30. The van der Waals surface area contributed by atoms with Gasteiger partial charge in [0.2, 0.25) is 0 Å². The molecule has 1 aromatic carbocycles. The molecule has 0 bridgehead atoms. The number of aromatic nitrogens is 2. The Kier molecular flexibility index (Phi) is 2.17. The highest BCUT2D eigenvalue weighted by atomic mass is 35.5. The maximum atomic E-state index is 12.7. The zero-order valence-corrected chi connectivity index (χ0v) is 9.15. The summed E-state index contributed by atoms with van der Waals surface area (Å²) in [4.78, 5) is 10.5. The third kappa shape index (κ3) is 1.59. The first-order valence-corrected chi connectivity index (χ1v) is 5.41. The first kappa shape index (κ1) is 9.78. The molecule has 82 valence electrons. The third-order valence-electron chi connectivity index (χ3n) is 2.65. The molecule has 0 spiro atoms. The van der Waals surface area contributed by atoms with E-state index in [1.807, 2.05) is 11.0 Å². The van der Waals surface area contributed by atoms with Gasteiger partial charge in [-0.2, -0.15) is 0 Å². The Morgan fingerprint density at radius 2 is 2.12 bits per heavy atom. The topological polar surface area (TPSA) is 29.0 Å². The zero-order valence-electron chi connectivity index (χ0n) is 8.40. The van der Waals surface area contributed by atoms with E-state index in [9.17, 15) is 4.39 Å². The molecule has 1 fully saturated rings. The van der Waals surface area contributed by atoms with Crippen molar-refractivity contribution < 1.29 is 4.39 Å². The first-order valence-electron chi connectivity index (χ1n) is 5.04. The monoisotopic (exact) mass is 237 g/mol. The Bertz CT molecular complexity index is 540. The summed E-state index contributed by atoms with van der Waals surface area (Å²) in [5.74, 6) is 0.726. The fraction of sp³-hybridized carbons (Fsp3) is 0.273. The van der Waals surface area contributed by atoms with Gasteiger partial charge in [0.1, 0.15) is 12.0 Å². The van der Waals surface area contributed by atoms with Crippen molar-refractivity contribution in [3.63, 3.8) is 0 Å². The first-order chi connectivity index (χ1) is 7.72. The fourth-order valence-electron chi connectivity index (χ4n) is 1.74. The van der Waals surface area contributed by atoms with Gasteiger partial charge < -0.3 is 4.90 Å². The van der Waals surface area contributed by atoms with Crippen LogP contribution < -0.4 is 4.90 Å². The van der Waals surface area contributed by atoms with Crippen molar-refractivity contribution in [3.05, 3.63) is 29.4 Å². The van der Waals surface area contributed by atoms with Crippen molar-refractivity contribution in [3.8, 4) is 0 Å². The highest BCUT2D eigenvalue weighted by Gasteiger charge is 2.27. The summed E-state index contributed by atoms with van der Waals surface area (Å²) in [6, 6.07) is 5.36. The largest absolute Gasteiger partial charge is 0.349 e. The SMILES string of the molecule is FC1CN(c2cnc3cc(Cl)ccc3n2)C1. The maximum absolute atomic E-state index is 12.7. The second-order valence-electron chi connectivity index (χ2n) is 3.86. The molecule has 0 aliphatic carbocycles. The van der Waals surface area contributed by atoms with Crippen molar-refractivity contribution >= 4 is 28.5 Å². The van der Waals surface area contributed by atoms with Gasteiger partial charge in [0, 0.05) is 5.02 Å². The molecule has 0 radical (unpaired) electrons. The molecular weight excluding hydrogens is 229 g/mol. The van der Waals surface area contributed by atoms with Crippen LogP contribution >= 0.6 is 11.6 Å². The number of hydrogen-bond donors (Lipinski definition) is 0. The van der Waals surface area contributed by atoms with E-state index in [0.717, 1.165) is 16.9 Å². The Morgan fingerprint density at radius 3 is 2.88 bits per heavy atom. The van der Waals surface area contributed by atoms with Crippen LogP contribution in [0.2, 0.25) is 5.02 Å². The van der Waals surface area contributed by atoms with Crippen LogP contribution in [-0.4, -0.2) is 29.2 Å². The minimum absolute atomic E-state index is 0.410. The van der Waals surface area contributed by atoms with Gasteiger partial charge in [-0.1, -0.05) is 11.6 Å². The molecule has 0 saturated carbocycles. The van der Waals surface area contributed by atoms with Crippen LogP contribution in [0.25, 0.3) is 11.0 Å². The summed E-state index contributed by atoms with van der Waals surface area (Å²) in [6.07, 6.45) is 0.924. The van der Waals surface area contributed by atoms with E-state index in [4.69, 9.17) is 11.6 Å². The summed E-state index contributed by atoms with van der Waals surface area (Å²) in [5, 5.41) is 0.641. The van der Waals surface area contributed by atoms with E-state index in [1.165, 1.54) is 0 Å². The predicted octanol–water partition coefficient (Wildman–Crippen LogP) is 2.44. The Hall–Kier alpha value is -1.42. The normalized spacial score (nSPS) is 16.5. The Balaban J connectivity index is 2.00. The van der Waals surface area contributed by atoms with Gasteiger partial charge >= 0.3 is 0 Å². The average Bonchev–Trinajstić information content (AvgIpc) is 2.24. The lowest BCUT2D eigenvalue weighted by atomic mass is 10.2. The van der Waals surface area contributed by atoms with E-state index < -0.39 is 6.17 Å². The van der Waals surface area contributed by atoms with Gasteiger partial charge in [0.15, 0.2) is 0 Å². The van der Waals surface area contributed by atoms with Gasteiger partial charge in [-0.3, -0.25) is 4.98 Å². The molecule has 0 N–H and O–H groups in total. The summed E-state index contributed by atoms with van der Waals surface area (Å²) in [7, 11) is 0. The maximum Gasteiger partial charge on any atom is 0.148 e. The van der Waals surface area contributed by atoms with Gasteiger partial charge in [-0.25, -0.2) is 9.37 Å². The van der Waals surface area contributed by atoms with Crippen LogP contribution in [0.4, 0.5) is 10.2 Å². The van der Waals surface area contributed by atoms with E-state index >= 15 is 0 Å². The van der Waals surface area contributed by atoms with Gasteiger partial charge in [-0.15, -0.1) is 0 Å². The molecule has 16 heavy (non-hydrogen) atoms. The molecule has 1 aromatic heterocycles. The van der Waals surface area contributed by atoms with Crippen LogP contribution in [-0.2, 0) is 0 Å². The molecule has 2 aromatic rings. The molecule has 5 heteroatoms. The predicted molar refractivity (Wildman–Crippen MR) is 61.7 cm³/mol. The molecule has 1 aliphatic heterocycles. The fourth-order valence-corrected chi connectivity index (χ4v) is 1.90. The van der Waals surface area contributed by atoms with Crippen LogP contribution in [0, 0.1) is 0 Å². The van der Waals surface area contributed by atoms with Gasteiger partial charge in [-0.05, 0) is 18.2 Å². The van der Waals surface area contributed by atoms with Crippen LogP contribution in [0.15, 0.2) is 24.4 Å². The van der Waals surface area contributed by atoms with Crippen molar-refractivity contribution in [2.75, 3.05) is 18.0 Å². The van der Waals surface area contributed by atoms with E-state index in [0.29, 0.717) is 18.1 Å². The highest BCUT2D eigenvalue weighted by Crippen LogP contribution is 2.23. The lowest BCUT2D eigenvalue weighted by molar-refractivity contribution is 0.273.